The maximum atomic E-state index is 2.66. The van der Waals surface area contributed by atoms with Crippen LogP contribution >= 0.6 is 0 Å². The molecule has 0 spiro atoms. The van der Waals surface area contributed by atoms with Gasteiger partial charge < -0.3 is 0 Å². The highest BCUT2D eigenvalue weighted by molar-refractivity contribution is 5.20. The van der Waals surface area contributed by atoms with E-state index in [4.69, 9.17) is 0 Å². The van der Waals surface area contributed by atoms with E-state index >= 15 is 0 Å². The van der Waals surface area contributed by atoms with E-state index in [1.165, 1.54) is 24.9 Å². The van der Waals surface area contributed by atoms with Crippen LogP contribution in [0, 0.1) is 0 Å². The van der Waals surface area contributed by atoms with Gasteiger partial charge in [-0.3, -0.25) is 4.90 Å². The van der Waals surface area contributed by atoms with E-state index in [2.05, 4.69) is 62.9 Å². The van der Waals surface area contributed by atoms with Crippen LogP contribution in [0.25, 0.3) is 0 Å². The average molecular weight is 231 g/mol. The van der Waals surface area contributed by atoms with E-state index in [1.807, 2.05) is 0 Å². The Bertz CT molecular complexity index is 350. The molecule has 0 radical (unpaired) electrons. The van der Waals surface area contributed by atoms with Crippen molar-refractivity contribution in [2.24, 2.45) is 0 Å². The van der Waals surface area contributed by atoms with E-state index in [1.54, 1.807) is 0 Å². The van der Waals surface area contributed by atoms with Gasteiger partial charge >= 0.3 is 0 Å². The molecule has 1 heteroatoms. The van der Waals surface area contributed by atoms with Gasteiger partial charge in [-0.2, -0.15) is 0 Å². The highest BCUT2D eigenvalue weighted by Crippen LogP contribution is 2.33. The molecule has 1 fully saturated rings. The number of piperidine rings is 1. The molecule has 1 aliphatic heterocycles. The van der Waals surface area contributed by atoms with Crippen molar-refractivity contribution in [3.8, 4) is 0 Å². The molecule has 1 aromatic rings. The third-order valence-electron chi connectivity index (χ3n) is 4.01. The molecule has 17 heavy (non-hydrogen) atoms. The van der Waals surface area contributed by atoms with E-state index in [-0.39, 0.29) is 5.54 Å². The second kappa shape index (κ2) is 4.81. The van der Waals surface area contributed by atoms with Crippen LogP contribution < -0.4 is 0 Å². The van der Waals surface area contributed by atoms with Gasteiger partial charge in [0.2, 0.25) is 0 Å². The molecule has 94 valence electrons. The number of hydrogen-bond donors (Lipinski definition) is 0. The molecule has 1 nitrogen and oxygen atoms in total. The lowest BCUT2D eigenvalue weighted by Crippen LogP contribution is -2.51. The molecule has 0 aliphatic carbocycles. The summed E-state index contributed by atoms with van der Waals surface area (Å²) in [5.41, 5.74) is 1.79. The Hall–Kier alpha value is -0.820. The molecule has 2 rings (SSSR count). The van der Waals surface area contributed by atoms with Crippen molar-refractivity contribution in [3.05, 3.63) is 35.9 Å². The van der Waals surface area contributed by atoms with E-state index in [0.717, 1.165) is 6.04 Å². The topological polar surface area (TPSA) is 3.24 Å². The van der Waals surface area contributed by atoms with Crippen LogP contribution in [0.3, 0.4) is 0 Å². The summed E-state index contributed by atoms with van der Waals surface area (Å²) in [6, 6.07) is 11.7. The Labute approximate surface area is 106 Å². The number of rotatable bonds is 1. The third kappa shape index (κ3) is 2.90. The molecule has 1 aliphatic rings. The summed E-state index contributed by atoms with van der Waals surface area (Å²) in [7, 11) is 0. The molecule has 0 saturated carbocycles. The molecule has 1 saturated heterocycles. The van der Waals surface area contributed by atoms with Crippen LogP contribution in [-0.2, 0) is 0 Å². The summed E-state index contributed by atoms with van der Waals surface area (Å²) in [6.45, 7) is 10.6. The lowest BCUT2D eigenvalue weighted by atomic mass is 9.85. The highest BCUT2D eigenvalue weighted by atomic mass is 15.2. The number of nitrogens with zero attached hydrogens (tertiary/aromatic N) is 1. The Kier molecular flexibility index (Phi) is 3.58. The van der Waals surface area contributed by atoms with Gasteiger partial charge in [0.25, 0.3) is 0 Å². The first-order chi connectivity index (χ1) is 7.98. The SMILES string of the molecule is C[C@@H]1CC[C@@H](c2ccccc2)CN1C(C)(C)C. The molecular weight excluding hydrogens is 206 g/mol. The maximum Gasteiger partial charge on any atom is 0.0128 e. The van der Waals surface area contributed by atoms with Crippen LogP contribution in [-0.4, -0.2) is 23.0 Å². The quantitative estimate of drug-likeness (QED) is 0.704. The van der Waals surface area contributed by atoms with Gasteiger partial charge in [0.15, 0.2) is 0 Å². The third-order valence-corrected chi connectivity index (χ3v) is 4.01. The minimum atomic E-state index is 0.285. The first-order valence-corrected chi connectivity index (χ1v) is 6.80. The predicted molar refractivity (Wildman–Crippen MR) is 74.3 cm³/mol. The van der Waals surface area contributed by atoms with Crippen molar-refractivity contribution in [2.75, 3.05) is 6.54 Å². The Balaban J connectivity index is 2.13. The van der Waals surface area contributed by atoms with Crippen LogP contribution in [0.15, 0.2) is 30.3 Å². The molecule has 1 aromatic carbocycles. The zero-order valence-corrected chi connectivity index (χ0v) is 11.6. The Morgan fingerprint density at radius 1 is 1.06 bits per heavy atom. The van der Waals surface area contributed by atoms with Crippen molar-refractivity contribution in [1.29, 1.82) is 0 Å². The van der Waals surface area contributed by atoms with Gasteiger partial charge in [0.1, 0.15) is 0 Å². The average Bonchev–Trinajstić information content (AvgIpc) is 2.29. The highest BCUT2D eigenvalue weighted by Gasteiger charge is 2.32. The fourth-order valence-electron chi connectivity index (χ4n) is 3.04. The van der Waals surface area contributed by atoms with Gasteiger partial charge in [0.05, 0.1) is 0 Å². The van der Waals surface area contributed by atoms with Gasteiger partial charge in [-0.05, 0) is 52.0 Å². The maximum absolute atomic E-state index is 2.66. The number of likely N-dealkylation sites (tertiary alicyclic amines) is 1. The first-order valence-electron chi connectivity index (χ1n) is 6.80. The largest absolute Gasteiger partial charge is 0.295 e. The number of hydrogen-bond acceptors (Lipinski definition) is 1. The van der Waals surface area contributed by atoms with Crippen molar-refractivity contribution in [3.63, 3.8) is 0 Å². The smallest absolute Gasteiger partial charge is 0.0128 e. The van der Waals surface area contributed by atoms with Crippen molar-refractivity contribution in [1.82, 2.24) is 4.90 Å². The fraction of sp³-hybridized carbons (Fsp3) is 0.625. The summed E-state index contributed by atoms with van der Waals surface area (Å²) in [5, 5.41) is 0. The summed E-state index contributed by atoms with van der Waals surface area (Å²) in [4.78, 5) is 2.66. The van der Waals surface area contributed by atoms with Crippen molar-refractivity contribution in [2.45, 2.75) is 58.0 Å². The second-order valence-corrected chi connectivity index (χ2v) is 6.36. The van der Waals surface area contributed by atoms with Crippen LogP contribution in [0.2, 0.25) is 0 Å². The van der Waals surface area contributed by atoms with Crippen LogP contribution in [0.1, 0.15) is 52.0 Å². The molecule has 0 aromatic heterocycles. The summed E-state index contributed by atoms with van der Waals surface area (Å²) in [5.74, 6) is 0.714. The van der Waals surface area contributed by atoms with E-state index in [9.17, 15) is 0 Å². The monoisotopic (exact) mass is 231 g/mol. The molecule has 2 atom stereocenters. The summed E-state index contributed by atoms with van der Waals surface area (Å²) >= 11 is 0. The fourth-order valence-corrected chi connectivity index (χ4v) is 3.04. The predicted octanol–water partition coefficient (Wildman–Crippen LogP) is 4.05. The van der Waals surface area contributed by atoms with Gasteiger partial charge in [-0.25, -0.2) is 0 Å². The van der Waals surface area contributed by atoms with Gasteiger partial charge in [-0.15, -0.1) is 0 Å². The molecule has 0 unspecified atom stereocenters. The zero-order valence-electron chi connectivity index (χ0n) is 11.6. The normalized spacial score (nSPS) is 27.1. The molecule has 0 N–H and O–H groups in total. The molecule has 0 amide bonds. The van der Waals surface area contributed by atoms with Crippen molar-refractivity contribution < 1.29 is 0 Å². The molecular formula is C16H25N. The lowest BCUT2D eigenvalue weighted by molar-refractivity contribution is 0.0504. The minimum absolute atomic E-state index is 0.285. The van der Waals surface area contributed by atoms with E-state index in [0.29, 0.717) is 5.92 Å². The van der Waals surface area contributed by atoms with E-state index < -0.39 is 0 Å². The standard InChI is InChI=1S/C16H25N/c1-13-10-11-15(12-17(13)16(2,3)4)14-8-6-5-7-9-14/h5-9,13,15H,10-12H2,1-4H3/t13-,15-/m1/s1. The lowest BCUT2D eigenvalue weighted by Gasteiger charge is -2.46. The Morgan fingerprint density at radius 2 is 1.71 bits per heavy atom. The second-order valence-electron chi connectivity index (χ2n) is 6.36. The Morgan fingerprint density at radius 3 is 2.29 bits per heavy atom. The zero-order chi connectivity index (χ0) is 12.5. The van der Waals surface area contributed by atoms with Gasteiger partial charge in [0, 0.05) is 18.1 Å². The van der Waals surface area contributed by atoms with Gasteiger partial charge in [-0.1, -0.05) is 30.3 Å². The minimum Gasteiger partial charge on any atom is -0.295 e. The van der Waals surface area contributed by atoms with Crippen LogP contribution in [0.5, 0.6) is 0 Å². The molecule has 1 heterocycles. The number of benzene rings is 1. The molecule has 0 bridgehead atoms. The summed E-state index contributed by atoms with van der Waals surface area (Å²) in [6.07, 6.45) is 2.65. The van der Waals surface area contributed by atoms with Crippen LogP contribution in [0.4, 0.5) is 0 Å². The summed E-state index contributed by atoms with van der Waals surface area (Å²) < 4.78 is 0. The first kappa shape index (κ1) is 12.6. The van der Waals surface area contributed by atoms with Crippen molar-refractivity contribution >= 4 is 0 Å².